The average Bonchev–Trinajstić information content (AvgIpc) is 3.46. The summed E-state index contributed by atoms with van der Waals surface area (Å²) in [7, 11) is -2.65. The number of carbonyl (C=O) groups excluding carboxylic acids is 2. The molecule has 0 fully saturated rings. The van der Waals surface area contributed by atoms with Crippen LogP contribution in [0.3, 0.4) is 0 Å². The zero-order valence-corrected chi connectivity index (χ0v) is 27.4. The van der Waals surface area contributed by atoms with E-state index in [2.05, 4.69) is 5.32 Å². The van der Waals surface area contributed by atoms with Crippen molar-refractivity contribution in [1.29, 1.82) is 0 Å². The summed E-state index contributed by atoms with van der Waals surface area (Å²) in [5.41, 5.74) is 2.67. The Kier molecular flexibility index (Phi) is 11.0. The predicted octanol–water partition coefficient (Wildman–Crippen LogP) is 3.01. The number of carbonyl (C=O) groups is 3. The maximum absolute atomic E-state index is 13.5. The van der Waals surface area contributed by atoms with Crippen molar-refractivity contribution in [2.75, 3.05) is 38.1 Å². The van der Waals surface area contributed by atoms with Crippen LogP contribution in [0.1, 0.15) is 40.9 Å². The fraction of sp³-hybridized carbons (Fsp3) is 0.344. The van der Waals surface area contributed by atoms with Crippen LogP contribution in [-0.2, 0) is 32.7 Å². The third-order valence-electron chi connectivity index (χ3n) is 7.95. The summed E-state index contributed by atoms with van der Waals surface area (Å²) in [4.78, 5) is 50.4. The van der Waals surface area contributed by atoms with Crippen molar-refractivity contribution in [3.05, 3.63) is 99.1 Å². The normalized spacial score (nSPS) is 13.0. The Hall–Kier alpha value is -4.86. The quantitative estimate of drug-likeness (QED) is 0.192. The number of aromatic carboxylic acids is 1. The molecule has 0 radical (unpaired) electrons. The van der Waals surface area contributed by atoms with Gasteiger partial charge < -0.3 is 15.3 Å². The fourth-order valence-corrected chi connectivity index (χ4v) is 7.20. The number of nitrogens with zero attached hydrogens (tertiary/aromatic N) is 5. The van der Waals surface area contributed by atoms with Crippen LogP contribution in [0.15, 0.2) is 71.6 Å². The van der Waals surface area contributed by atoms with E-state index in [0.717, 1.165) is 21.5 Å². The van der Waals surface area contributed by atoms with E-state index in [4.69, 9.17) is 0 Å². The number of para-hydroxylation sites is 1. The van der Waals surface area contributed by atoms with Gasteiger partial charge in [0.2, 0.25) is 15.9 Å². The first-order valence-electron chi connectivity index (χ1n) is 14.9. The van der Waals surface area contributed by atoms with Gasteiger partial charge in [0.1, 0.15) is 0 Å². The summed E-state index contributed by atoms with van der Waals surface area (Å²) >= 11 is 0. The molecular formula is C32H38N6O8S. The Morgan fingerprint density at radius 1 is 1.00 bits per heavy atom. The van der Waals surface area contributed by atoms with Crippen LogP contribution in [-0.4, -0.2) is 89.8 Å². The van der Waals surface area contributed by atoms with Gasteiger partial charge in [0.15, 0.2) is 4.90 Å². The largest absolute Gasteiger partial charge is 0.478 e. The highest BCUT2D eigenvalue weighted by Crippen LogP contribution is 2.28. The van der Waals surface area contributed by atoms with Crippen molar-refractivity contribution >= 4 is 39.2 Å². The number of rotatable bonds is 14. The summed E-state index contributed by atoms with van der Waals surface area (Å²) in [5.74, 6) is -2.03. The predicted molar refractivity (Wildman–Crippen MR) is 174 cm³/mol. The van der Waals surface area contributed by atoms with E-state index in [1.807, 2.05) is 29.3 Å². The Balaban J connectivity index is 1.49. The van der Waals surface area contributed by atoms with Crippen molar-refractivity contribution in [2.24, 2.45) is 0 Å². The maximum Gasteiger partial charge on any atom is 0.335 e. The number of fused-ring (bicyclic) bond motifs is 1. The lowest BCUT2D eigenvalue weighted by atomic mass is 10.1. The Morgan fingerprint density at radius 2 is 1.62 bits per heavy atom. The summed E-state index contributed by atoms with van der Waals surface area (Å²) in [6.45, 7) is 5.17. The Bertz CT molecular complexity index is 1760. The number of anilines is 1. The molecule has 0 saturated heterocycles. The second-order valence-corrected chi connectivity index (χ2v) is 13.3. The lowest BCUT2D eigenvalue weighted by molar-refractivity contribution is -0.387. The van der Waals surface area contributed by atoms with Crippen LogP contribution in [0.2, 0.25) is 0 Å². The first-order chi connectivity index (χ1) is 22.2. The third kappa shape index (κ3) is 8.11. The topological polar surface area (TPSA) is 174 Å². The smallest absolute Gasteiger partial charge is 0.335 e. The number of amides is 2. The number of likely N-dealkylation sites (N-methyl/N-ethyl adjacent to an activating group) is 1. The van der Waals surface area contributed by atoms with E-state index in [9.17, 15) is 38.0 Å². The second kappa shape index (κ2) is 14.7. The SMILES string of the molecule is Cc1ccc(C(=O)O)cc1N(CC(=O)NCCN(C(C)C)S(=O)(=O)c1ccccc1[N+](=O)[O-])CC(=O)N(C)N1Cc2ccccc2C1. The Labute approximate surface area is 273 Å². The zero-order valence-electron chi connectivity index (χ0n) is 26.6. The molecule has 15 heteroatoms. The van der Waals surface area contributed by atoms with Crippen LogP contribution in [0.5, 0.6) is 0 Å². The molecule has 0 bridgehead atoms. The van der Waals surface area contributed by atoms with Gasteiger partial charge in [0.05, 0.1) is 23.6 Å². The number of nitro benzene ring substituents is 1. The van der Waals surface area contributed by atoms with E-state index in [1.54, 1.807) is 33.9 Å². The molecule has 0 unspecified atom stereocenters. The first kappa shape index (κ1) is 35.0. The van der Waals surface area contributed by atoms with Gasteiger partial charge in [-0.05, 0) is 55.7 Å². The number of nitrogens with one attached hydrogen (secondary N) is 1. The maximum atomic E-state index is 13.5. The molecular weight excluding hydrogens is 628 g/mol. The summed E-state index contributed by atoms with van der Waals surface area (Å²) in [6.07, 6.45) is 0. The number of benzene rings is 3. The molecule has 0 spiro atoms. The lowest BCUT2D eigenvalue weighted by Gasteiger charge is -2.32. The average molecular weight is 667 g/mol. The van der Waals surface area contributed by atoms with Crippen molar-refractivity contribution in [3.63, 3.8) is 0 Å². The molecule has 3 aromatic rings. The van der Waals surface area contributed by atoms with Gasteiger partial charge in [0.25, 0.3) is 11.6 Å². The fourth-order valence-electron chi connectivity index (χ4n) is 5.40. The third-order valence-corrected chi connectivity index (χ3v) is 10.1. The van der Waals surface area contributed by atoms with E-state index < -0.39 is 43.4 Å². The summed E-state index contributed by atoms with van der Waals surface area (Å²) in [6, 6.07) is 16.8. The molecule has 1 aliphatic heterocycles. The molecule has 3 aromatic carbocycles. The molecule has 1 heterocycles. The van der Waals surface area contributed by atoms with E-state index >= 15 is 0 Å². The monoisotopic (exact) mass is 666 g/mol. The molecule has 14 nitrogen and oxygen atoms in total. The van der Waals surface area contributed by atoms with Gasteiger partial charge in [-0.15, -0.1) is 0 Å². The molecule has 4 rings (SSSR count). The van der Waals surface area contributed by atoms with Gasteiger partial charge in [0, 0.05) is 51.0 Å². The highest BCUT2D eigenvalue weighted by molar-refractivity contribution is 7.89. The number of nitro groups is 1. The van der Waals surface area contributed by atoms with Crippen LogP contribution in [0, 0.1) is 17.0 Å². The van der Waals surface area contributed by atoms with Crippen LogP contribution < -0.4 is 10.2 Å². The first-order valence-corrected chi connectivity index (χ1v) is 16.3. The zero-order chi connectivity index (χ0) is 34.5. The molecule has 0 saturated carbocycles. The van der Waals surface area contributed by atoms with E-state index in [1.165, 1.54) is 40.2 Å². The van der Waals surface area contributed by atoms with Gasteiger partial charge in [-0.1, -0.05) is 42.5 Å². The number of hydrazine groups is 1. The minimum atomic E-state index is -4.29. The van der Waals surface area contributed by atoms with Crippen molar-refractivity contribution < 1.29 is 32.8 Å². The molecule has 0 atom stereocenters. The molecule has 2 N–H and O–H groups in total. The summed E-state index contributed by atoms with van der Waals surface area (Å²) < 4.78 is 27.9. The highest BCUT2D eigenvalue weighted by atomic mass is 32.2. The number of carboxylic acids is 1. The van der Waals surface area contributed by atoms with Gasteiger partial charge in [-0.2, -0.15) is 4.31 Å². The number of carboxylic acid groups (broad SMARTS) is 1. The molecule has 0 aliphatic carbocycles. The van der Waals surface area contributed by atoms with Crippen molar-refractivity contribution in [3.8, 4) is 0 Å². The van der Waals surface area contributed by atoms with Gasteiger partial charge >= 0.3 is 5.97 Å². The highest BCUT2D eigenvalue weighted by Gasteiger charge is 2.33. The standard InChI is InChI=1S/C32H38N6O8S/c1-22(2)37(47(45,46)29-12-8-7-11-27(29)38(43)44)16-15-33-30(39)20-35(28-17-24(32(41)42)14-13-23(28)3)21-31(40)34(4)36-18-25-9-5-6-10-26(25)19-36/h5-14,17,22H,15-16,18-21H2,1-4H3,(H,33,39)(H,41,42). The summed E-state index contributed by atoms with van der Waals surface area (Å²) in [5, 5.41) is 27.2. The van der Waals surface area contributed by atoms with Crippen LogP contribution in [0.25, 0.3) is 0 Å². The Morgan fingerprint density at radius 3 is 2.21 bits per heavy atom. The van der Waals surface area contributed by atoms with Crippen molar-refractivity contribution in [2.45, 2.75) is 44.8 Å². The van der Waals surface area contributed by atoms with Crippen molar-refractivity contribution in [1.82, 2.24) is 19.6 Å². The molecule has 250 valence electrons. The number of hydrogen-bond donors (Lipinski definition) is 2. The van der Waals surface area contributed by atoms with E-state index in [-0.39, 0.29) is 37.6 Å². The van der Waals surface area contributed by atoms with Gasteiger partial charge in [-0.3, -0.25) is 24.7 Å². The van der Waals surface area contributed by atoms with Gasteiger partial charge in [-0.25, -0.2) is 18.2 Å². The molecule has 1 aliphatic rings. The molecule has 47 heavy (non-hydrogen) atoms. The second-order valence-electron chi connectivity index (χ2n) is 11.5. The molecule has 0 aromatic heterocycles. The van der Waals surface area contributed by atoms with Crippen LogP contribution >= 0.6 is 0 Å². The minimum Gasteiger partial charge on any atom is -0.478 e. The number of aryl methyl sites for hydroxylation is 1. The lowest BCUT2D eigenvalue weighted by Crippen LogP contribution is -2.49. The number of hydrogen-bond acceptors (Lipinski definition) is 9. The van der Waals surface area contributed by atoms with E-state index in [0.29, 0.717) is 24.3 Å². The molecule has 2 amide bonds. The number of sulfonamides is 1. The minimum absolute atomic E-state index is 0.0143. The van der Waals surface area contributed by atoms with Crippen LogP contribution in [0.4, 0.5) is 11.4 Å².